The molecule has 10 rings (SSSR count). The molecule has 0 aliphatic carbocycles. The van der Waals surface area contributed by atoms with E-state index in [4.69, 9.17) is 19.4 Å². The van der Waals surface area contributed by atoms with Crippen LogP contribution in [0.3, 0.4) is 0 Å². The Hall–Kier alpha value is -8.45. The predicted molar refractivity (Wildman–Crippen MR) is 217 cm³/mol. The van der Waals surface area contributed by atoms with Crippen molar-refractivity contribution in [2.75, 3.05) is 0 Å². The molecular formula is C45H28N4O9. The molecular weight excluding hydrogens is 741 g/mol. The zero-order chi connectivity index (χ0) is 40.0. The van der Waals surface area contributed by atoms with Gasteiger partial charge in [0.15, 0.2) is 46.1 Å². The van der Waals surface area contributed by atoms with Gasteiger partial charge in [-0.3, -0.25) is 4.57 Å². The summed E-state index contributed by atoms with van der Waals surface area (Å²) in [6.45, 7) is 0. The van der Waals surface area contributed by atoms with E-state index in [-0.39, 0.29) is 11.3 Å². The molecule has 0 bridgehead atoms. The second-order valence-electron chi connectivity index (χ2n) is 13.7. The Bertz CT molecular complexity index is 3230. The maximum Gasteiger partial charge on any atom is 0.206 e. The summed E-state index contributed by atoms with van der Waals surface area (Å²) in [6, 6.07) is 37.9. The van der Waals surface area contributed by atoms with Crippen molar-refractivity contribution in [3.8, 4) is 97.0 Å². The third-order valence-electron chi connectivity index (χ3n) is 10.3. The van der Waals surface area contributed by atoms with Crippen molar-refractivity contribution in [3.63, 3.8) is 0 Å². The summed E-state index contributed by atoms with van der Waals surface area (Å²) >= 11 is 0. The molecule has 282 valence electrons. The smallest absolute Gasteiger partial charge is 0.206 e. The fourth-order valence-electron chi connectivity index (χ4n) is 7.52. The Morgan fingerprint density at radius 3 is 1.40 bits per heavy atom. The molecule has 0 saturated carbocycles. The second kappa shape index (κ2) is 12.5. The number of hydrogen-bond donors (Lipinski definition) is 8. The molecule has 0 aliphatic heterocycles. The number of benzene rings is 7. The highest BCUT2D eigenvalue weighted by Gasteiger charge is 2.33. The molecule has 0 atom stereocenters. The number of fused-ring (bicyclic) bond motifs is 6. The van der Waals surface area contributed by atoms with Crippen molar-refractivity contribution < 1.29 is 45.3 Å². The lowest BCUT2D eigenvalue weighted by molar-refractivity contribution is 0.350. The second-order valence-corrected chi connectivity index (χ2v) is 13.7. The summed E-state index contributed by atoms with van der Waals surface area (Å²) in [5.74, 6) is -6.98. The Morgan fingerprint density at radius 1 is 0.379 bits per heavy atom. The van der Waals surface area contributed by atoms with Gasteiger partial charge in [0.1, 0.15) is 16.6 Å². The summed E-state index contributed by atoms with van der Waals surface area (Å²) in [4.78, 5) is 14.6. The van der Waals surface area contributed by atoms with Gasteiger partial charge in [0.25, 0.3) is 0 Å². The molecule has 10 aromatic rings. The standard InChI is InChI=1S/C45H28N4O9/c50-34-30-31-33(37(53)41(57)39(55)35(31)51)49(32(30)36(52)40(56)38(34)54)28-13-7-12-27-26-19-18-25(20-29(26)58-42(27)28)45-47-43(23-10-5-2-6-11-23)46-44(48-45)24-16-14-22(15-17-24)21-8-3-1-4-9-21/h1-20,50-57H. The SMILES string of the molecule is Oc1c(O)c(O)c2c(c1O)c1c(O)c(O)c(O)c(O)c1n2-c1cccc2c1oc1cc(-c3nc(-c4ccccc4)nc(-c4ccc(-c5ccccc5)cc4)n3)ccc12. The van der Waals surface area contributed by atoms with Crippen molar-refractivity contribution in [1.29, 1.82) is 0 Å². The fraction of sp³-hybridized carbons (Fsp3) is 0. The van der Waals surface area contributed by atoms with Crippen LogP contribution in [0.5, 0.6) is 46.0 Å². The van der Waals surface area contributed by atoms with Gasteiger partial charge in [-0.05, 0) is 29.3 Å². The Kier molecular flexibility index (Phi) is 7.37. The summed E-state index contributed by atoms with van der Waals surface area (Å²) in [5.41, 5.74) is 4.18. The molecule has 0 aliphatic rings. The Labute approximate surface area is 326 Å². The molecule has 7 aromatic carbocycles. The normalized spacial score (nSPS) is 11.7. The summed E-state index contributed by atoms with van der Waals surface area (Å²) in [6.07, 6.45) is 0. The maximum absolute atomic E-state index is 11.2. The largest absolute Gasteiger partial charge is 0.504 e. The monoisotopic (exact) mass is 768 g/mol. The number of furan rings is 1. The number of aromatic nitrogens is 4. The van der Waals surface area contributed by atoms with Gasteiger partial charge < -0.3 is 45.3 Å². The number of nitrogens with zero attached hydrogens (tertiary/aromatic N) is 4. The molecule has 13 nitrogen and oxygen atoms in total. The first kappa shape index (κ1) is 34.1. The lowest BCUT2D eigenvalue weighted by atomic mass is 10.0. The van der Waals surface area contributed by atoms with E-state index in [1.54, 1.807) is 24.3 Å². The molecule has 58 heavy (non-hydrogen) atoms. The van der Waals surface area contributed by atoms with E-state index < -0.39 is 67.8 Å². The van der Waals surface area contributed by atoms with Gasteiger partial charge in [-0.1, -0.05) is 103 Å². The van der Waals surface area contributed by atoms with Gasteiger partial charge in [0.05, 0.1) is 16.5 Å². The van der Waals surface area contributed by atoms with Crippen LogP contribution < -0.4 is 0 Å². The van der Waals surface area contributed by atoms with Crippen molar-refractivity contribution >= 4 is 43.7 Å². The fourth-order valence-corrected chi connectivity index (χ4v) is 7.52. The number of hydrogen-bond acceptors (Lipinski definition) is 12. The molecule has 3 heterocycles. The van der Waals surface area contributed by atoms with Crippen LogP contribution in [-0.4, -0.2) is 60.4 Å². The van der Waals surface area contributed by atoms with Crippen molar-refractivity contribution in [3.05, 3.63) is 121 Å². The predicted octanol–water partition coefficient (Wildman–Crippen LogP) is 9.18. The summed E-state index contributed by atoms with van der Waals surface area (Å²) in [7, 11) is 0. The van der Waals surface area contributed by atoms with Crippen LogP contribution in [0, 0.1) is 0 Å². The number of aromatic hydroxyl groups is 8. The van der Waals surface area contributed by atoms with E-state index >= 15 is 0 Å². The molecule has 0 unspecified atom stereocenters. The summed E-state index contributed by atoms with van der Waals surface area (Å²) in [5, 5.41) is 86.8. The van der Waals surface area contributed by atoms with Crippen LogP contribution in [0.4, 0.5) is 0 Å². The first-order valence-corrected chi connectivity index (χ1v) is 17.8. The van der Waals surface area contributed by atoms with Crippen molar-refractivity contribution in [1.82, 2.24) is 19.5 Å². The molecule has 8 N–H and O–H groups in total. The van der Waals surface area contributed by atoms with E-state index in [0.29, 0.717) is 39.4 Å². The number of phenolic OH excluding ortho intramolecular Hbond substituents is 8. The molecule has 0 radical (unpaired) electrons. The van der Waals surface area contributed by atoms with Crippen LogP contribution in [0.15, 0.2) is 126 Å². The molecule has 0 amide bonds. The van der Waals surface area contributed by atoms with Gasteiger partial charge in [-0.25, -0.2) is 15.0 Å². The lowest BCUT2D eigenvalue weighted by Crippen LogP contribution is -2.00. The molecule has 0 saturated heterocycles. The average Bonchev–Trinajstić information content (AvgIpc) is 3.83. The zero-order valence-corrected chi connectivity index (χ0v) is 29.8. The van der Waals surface area contributed by atoms with Crippen LogP contribution in [0.25, 0.3) is 94.7 Å². The number of para-hydroxylation sites is 1. The van der Waals surface area contributed by atoms with Gasteiger partial charge in [0, 0.05) is 27.5 Å². The van der Waals surface area contributed by atoms with Crippen molar-refractivity contribution in [2.24, 2.45) is 0 Å². The minimum absolute atomic E-state index is 0.114. The summed E-state index contributed by atoms with van der Waals surface area (Å²) < 4.78 is 7.63. The van der Waals surface area contributed by atoms with Crippen molar-refractivity contribution in [2.45, 2.75) is 0 Å². The van der Waals surface area contributed by atoms with E-state index in [1.807, 2.05) is 97.1 Å². The van der Waals surface area contributed by atoms with Crippen LogP contribution in [0.2, 0.25) is 0 Å². The zero-order valence-electron chi connectivity index (χ0n) is 29.8. The molecule has 13 heteroatoms. The highest BCUT2D eigenvalue weighted by molar-refractivity contribution is 6.22. The highest BCUT2D eigenvalue weighted by atomic mass is 16.4. The van der Waals surface area contributed by atoms with E-state index in [0.717, 1.165) is 26.8 Å². The molecule has 3 aromatic heterocycles. The van der Waals surface area contributed by atoms with Gasteiger partial charge >= 0.3 is 0 Å². The van der Waals surface area contributed by atoms with Gasteiger partial charge in [0.2, 0.25) is 23.0 Å². The average molecular weight is 769 g/mol. The number of phenols is 8. The Balaban J connectivity index is 1.18. The first-order valence-electron chi connectivity index (χ1n) is 17.8. The van der Waals surface area contributed by atoms with E-state index in [9.17, 15) is 40.9 Å². The third-order valence-corrected chi connectivity index (χ3v) is 10.3. The maximum atomic E-state index is 11.2. The van der Waals surface area contributed by atoms with E-state index in [1.165, 1.54) is 0 Å². The van der Waals surface area contributed by atoms with Crippen LogP contribution in [-0.2, 0) is 0 Å². The first-order chi connectivity index (χ1) is 28.1. The Morgan fingerprint density at radius 2 is 0.828 bits per heavy atom. The molecule has 0 spiro atoms. The van der Waals surface area contributed by atoms with E-state index in [2.05, 4.69) is 0 Å². The minimum atomic E-state index is -1.12. The highest BCUT2D eigenvalue weighted by Crippen LogP contribution is 2.59. The number of rotatable bonds is 5. The van der Waals surface area contributed by atoms with Gasteiger partial charge in [-0.2, -0.15) is 0 Å². The lowest BCUT2D eigenvalue weighted by Gasteiger charge is -2.12. The van der Waals surface area contributed by atoms with Crippen LogP contribution >= 0.6 is 0 Å². The van der Waals surface area contributed by atoms with Gasteiger partial charge in [-0.15, -0.1) is 0 Å². The van der Waals surface area contributed by atoms with Crippen LogP contribution in [0.1, 0.15) is 0 Å². The topological polar surface area (TPSA) is 219 Å². The minimum Gasteiger partial charge on any atom is -0.504 e. The quantitative estimate of drug-likeness (QED) is 0.0607. The third kappa shape index (κ3) is 4.93. The molecule has 0 fully saturated rings.